The van der Waals surface area contributed by atoms with Crippen molar-refractivity contribution in [3.8, 4) is 0 Å². The van der Waals surface area contributed by atoms with Crippen molar-refractivity contribution < 1.29 is 9.59 Å². The van der Waals surface area contributed by atoms with E-state index in [9.17, 15) is 9.59 Å². The minimum atomic E-state index is -0.437. The number of nitrogens with one attached hydrogen (secondary N) is 2. The number of amides is 3. The van der Waals surface area contributed by atoms with Crippen LogP contribution >= 0.6 is 0 Å². The molecule has 3 amide bonds. The Hall–Kier alpha value is -1.88. The van der Waals surface area contributed by atoms with E-state index in [1.54, 1.807) is 0 Å². The number of benzene rings is 1. The van der Waals surface area contributed by atoms with Crippen LogP contribution in [0.2, 0.25) is 0 Å². The third-order valence-electron chi connectivity index (χ3n) is 3.84. The maximum atomic E-state index is 11.9. The lowest BCUT2D eigenvalue weighted by molar-refractivity contribution is -0.122. The SMILES string of the molecule is C[C@@H]1CCCCN1CC(=O)NC(=O)NCc1ccccc1. The number of urea groups is 1. The first kappa shape index (κ1) is 15.5. The van der Waals surface area contributed by atoms with E-state index in [0.717, 1.165) is 24.9 Å². The average Bonchev–Trinajstić information content (AvgIpc) is 2.48. The summed E-state index contributed by atoms with van der Waals surface area (Å²) in [6.45, 7) is 3.77. The van der Waals surface area contributed by atoms with Crippen molar-refractivity contribution in [3.05, 3.63) is 35.9 Å². The zero-order valence-electron chi connectivity index (χ0n) is 12.5. The number of carbonyl (C=O) groups is 2. The van der Waals surface area contributed by atoms with Crippen LogP contribution in [0.25, 0.3) is 0 Å². The zero-order chi connectivity index (χ0) is 15.1. The van der Waals surface area contributed by atoms with Gasteiger partial charge in [0.1, 0.15) is 0 Å². The predicted octanol–water partition coefficient (Wildman–Crippen LogP) is 1.89. The lowest BCUT2D eigenvalue weighted by atomic mass is 10.0. The number of rotatable bonds is 4. The topological polar surface area (TPSA) is 61.4 Å². The van der Waals surface area contributed by atoms with Crippen LogP contribution in [0.4, 0.5) is 4.79 Å². The van der Waals surface area contributed by atoms with Crippen LogP contribution in [0.3, 0.4) is 0 Å². The van der Waals surface area contributed by atoms with E-state index >= 15 is 0 Å². The summed E-state index contributed by atoms with van der Waals surface area (Å²) in [5.41, 5.74) is 1.00. The molecule has 5 heteroatoms. The van der Waals surface area contributed by atoms with Crippen LogP contribution in [0, 0.1) is 0 Å². The third kappa shape index (κ3) is 5.19. The second kappa shape index (κ2) is 7.78. The molecule has 0 spiro atoms. The molecule has 0 radical (unpaired) electrons. The second-order valence-electron chi connectivity index (χ2n) is 5.53. The highest BCUT2D eigenvalue weighted by atomic mass is 16.2. The van der Waals surface area contributed by atoms with E-state index in [1.165, 1.54) is 6.42 Å². The fourth-order valence-corrected chi connectivity index (χ4v) is 2.57. The number of hydrogen-bond acceptors (Lipinski definition) is 3. The third-order valence-corrected chi connectivity index (χ3v) is 3.84. The molecule has 1 aliphatic rings. The maximum Gasteiger partial charge on any atom is 0.321 e. The number of nitrogens with zero attached hydrogens (tertiary/aromatic N) is 1. The normalized spacial score (nSPS) is 19.0. The molecule has 1 heterocycles. The van der Waals surface area contributed by atoms with E-state index < -0.39 is 6.03 Å². The largest absolute Gasteiger partial charge is 0.334 e. The van der Waals surface area contributed by atoms with Gasteiger partial charge in [0.15, 0.2) is 0 Å². The van der Waals surface area contributed by atoms with E-state index in [-0.39, 0.29) is 5.91 Å². The van der Waals surface area contributed by atoms with Crippen molar-refractivity contribution in [2.75, 3.05) is 13.1 Å². The van der Waals surface area contributed by atoms with E-state index in [0.29, 0.717) is 19.1 Å². The van der Waals surface area contributed by atoms with E-state index in [1.807, 2.05) is 30.3 Å². The summed E-state index contributed by atoms with van der Waals surface area (Å²) in [6.07, 6.45) is 3.46. The first-order valence-electron chi connectivity index (χ1n) is 7.51. The summed E-state index contributed by atoms with van der Waals surface area (Å²) < 4.78 is 0. The Morgan fingerprint density at radius 3 is 2.71 bits per heavy atom. The molecule has 21 heavy (non-hydrogen) atoms. The Bertz CT molecular complexity index is 476. The summed E-state index contributed by atoms with van der Waals surface area (Å²) in [5, 5.41) is 5.08. The van der Waals surface area contributed by atoms with E-state index in [4.69, 9.17) is 0 Å². The molecule has 114 valence electrons. The molecule has 1 aromatic carbocycles. The van der Waals surface area contributed by atoms with Crippen molar-refractivity contribution in [1.82, 2.24) is 15.5 Å². The van der Waals surface area contributed by atoms with Crippen LogP contribution in [-0.4, -0.2) is 36.0 Å². The molecule has 0 aliphatic carbocycles. The second-order valence-corrected chi connectivity index (χ2v) is 5.53. The van der Waals surface area contributed by atoms with Gasteiger partial charge in [0.2, 0.25) is 5.91 Å². The molecule has 0 unspecified atom stereocenters. The predicted molar refractivity (Wildman–Crippen MR) is 81.7 cm³/mol. The van der Waals surface area contributed by atoms with Crippen LogP contribution in [0.5, 0.6) is 0 Å². The van der Waals surface area contributed by atoms with Crippen LogP contribution < -0.4 is 10.6 Å². The molecule has 1 saturated heterocycles. The summed E-state index contributed by atoms with van der Waals surface area (Å²) >= 11 is 0. The van der Waals surface area contributed by atoms with Crippen molar-refractivity contribution >= 4 is 11.9 Å². The maximum absolute atomic E-state index is 11.9. The number of hydrogen-bond donors (Lipinski definition) is 2. The molecular weight excluding hydrogens is 266 g/mol. The summed E-state index contributed by atoms with van der Waals surface area (Å²) in [4.78, 5) is 25.7. The quantitative estimate of drug-likeness (QED) is 0.890. The van der Waals surface area contributed by atoms with Crippen molar-refractivity contribution in [2.24, 2.45) is 0 Å². The number of carbonyl (C=O) groups excluding carboxylic acids is 2. The van der Waals surface area contributed by atoms with Gasteiger partial charge in [-0.3, -0.25) is 15.0 Å². The summed E-state index contributed by atoms with van der Waals surface area (Å²) in [6, 6.07) is 9.59. The standard InChI is InChI=1S/C16H23N3O2/c1-13-7-5-6-10-19(13)12-15(20)18-16(21)17-11-14-8-3-2-4-9-14/h2-4,8-9,13H,5-7,10-12H2,1H3,(H2,17,18,20,21)/t13-/m1/s1. The monoisotopic (exact) mass is 289 g/mol. The highest BCUT2D eigenvalue weighted by molar-refractivity contribution is 5.95. The molecule has 2 N–H and O–H groups in total. The van der Waals surface area contributed by atoms with Gasteiger partial charge >= 0.3 is 6.03 Å². The van der Waals surface area contributed by atoms with Gasteiger partial charge < -0.3 is 5.32 Å². The zero-order valence-corrected chi connectivity index (χ0v) is 12.5. The molecule has 0 bridgehead atoms. The van der Waals surface area contributed by atoms with Gasteiger partial charge in [-0.1, -0.05) is 36.8 Å². The number of imide groups is 1. The van der Waals surface area contributed by atoms with Gasteiger partial charge in [-0.15, -0.1) is 0 Å². The van der Waals surface area contributed by atoms with Gasteiger partial charge in [-0.2, -0.15) is 0 Å². The lowest BCUT2D eigenvalue weighted by Gasteiger charge is -2.32. The molecule has 1 aliphatic heterocycles. The average molecular weight is 289 g/mol. The van der Waals surface area contributed by atoms with Crippen molar-refractivity contribution in [3.63, 3.8) is 0 Å². The smallest absolute Gasteiger partial charge is 0.321 e. The van der Waals surface area contributed by atoms with Gasteiger partial charge in [-0.05, 0) is 31.9 Å². The van der Waals surface area contributed by atoms with Gasteiger partial charge in [0, 0.05) is 12.6 Å². The van der Waals surface area contributed by atoms with Gasteiger partial charge in [0.25, 0.3) is 0 Å². The van der Waals surface area contributed by atoms with Gasteiger partial charge in [-0.25, -0.2) is 4.79 Å². The molecular formula is C16H23N3O2. The molecule has 5 nitrogen and oxygen atoms in total. The molecule has 0 aromatic heterocycles. The van der Waals surface area contributed by atoms with Crippen molar-refractivity contribution in [2.45, 2.75) is 38.8 Å². The lowest BCUT2D eigenvalue weighted by Crippen LogP contribution is -2.47. The minimum absolute atomic E-state index is 0.241. The summed E-state index contributed by atoms with van der Waals surface area (Å²) in [7, 11) is 0. The Morgan fingerprint density at radius 2 is 2.00 bits per heavy atom. The fraction of sp³-hybridized carbons (Fsp3) is 0.500. The molecule has 1 aromatic rings. The molecule has 2 rings (SSSR count). The first-order chi connectivity index (χ1) is 10.1. The molecule has 1 fully saturated rings. The van der Waals surface area contributed by atoms with Crippen LogP contribution in [0.1, 0.15) is 31.7 Å². The first-order valence-corrected chi connectivity index (χ1v) is 7.51. The highest BCUT2D eigenvalue weighted by Crippen LogP contribution is 2.15. The molecule has 0 saturated carbocycles. The Balaban J connectivity index is 1.70. The van der Waals surface area contributed by atoms with E-state index in [2.05, 4.69) is 22.5 Å². The Morgan fingerprint density at radius 1 is 1.24 bits per heavy atom. The number of likely N-dealkylation sites (tertiary alicyclic amines) is 1. The minimum Gasteiger partial charge on any atom is -0.334 e. The number of piperidine rings is 1. The summed E-state index contributed by atoms with van der Waals surface area (Å²) in [5.74, 6) is -0.241. The molecule has 1 atom stereocenters. The fourth-order valence-electron chi connectivity index (χ4n) is 2.57. The van der Waals surface area contributed by atoms with Crippen molar-refractivity contribution in [1.29, 1.82) is 0 Å². The van der Waals surface area contributed by atoms with Crippen LogP contribution in [-0.2, 0) is 11.3 Å². The Labute approximate surface area is 125 Å². The Kier molecular flexibility index (Phi) is 5.75. The van der Waals surface area contributed by atoms with Gasteiger partial charge in [0.05, 0.1) is 6.54 Å². The van der Waals surface area contributed by atoms with Crippen LogP contribution in [0.15, 0.2) is 30.3 Å². The highest BCUT2D eigenvalue weighted by Gasteiger charge is 2.21.